The van der Waals surface area contributed by atoms with Crippen molar-refractivity contribution in [3.05, 3.63) is 39.8 Å². The molecule has 0 N–H and O–H groups in total. The van der Waals surface area contributed by atoms with Gasteiger partial charge in [0.25, 0.3) is 5.56 Å². The number of nitrogens with zero attached hydrogens (tertiary/aromatic N) is 6. The van der Waals surface area contributed by atoms with Crippen LogP contribution in [-0.2, 0) is 11.3 Å². The van der Waals surface area contributed by atoms with Gasteiger partial charge in [-0.1, -0.05) is 0 Å². The lowest BCUT2D eigenvalue weighted by molar-refractivity contribution is -0.133. The van der Waals surface area contributed by atoms with E-state index in [0.717, 1.165) is 24.5 Å². The number of piperidine rings is 1. The Morgan fingerprint density at radius 1 is 1.25 bits per heavy atom. The Bertz CT molecular complexity index is 809. The van der Waals surface area contributed by atoms with Crippen LogP contribution in [0.15, 0.2) is 16.9 Å². The van der Waals surface area contributed by atoms with Gasteiger partial charge in [0, 0.05) is 19.2 Å². The van der Waals surface area contributed by atoms with Crippen molar-refractivity contribution < 1.29 is 4.79 Å². The van der Waals surface area contributed by atoms with E-state index in [2.05, 4.69) is 15.2 Å². The predicted molar refractivity (Wildman–Crippen MR) is 87.6 cm³/mol. The maximum Gasteiger partial charge on any atom is 0.267 e. The fourth-order valence-electron chi connectivity index (χ4n) is 3.16. The lowest BCUT2D eigenvalue weighted by Crippen LogP contribution is -2.44. The smallest absolute Gasteiger partial charge is 0.267 e. The van der Waals surface area contributed by atoms with Crippen molar-refractivity contribution >= 4 is 5.91 Å². The van der Waals surface area contributed by atoms with Crippen LogP contribution in [0.3, 0.4) is 0 Å². The molecule has 0 unspecified atom stereocenters. The molecule has 0 radical (unpaired) electrons. The molecular weight excluding hydrogens is 308 g/mol. The second-order valence-corrected chi connectivity index (χ2v) is 6.26. The van der Waals surface area contributed by atoms with Gasteiger partial charge in [0.15, 0.2) is 0 Å². The summed E-state index contributed by atoms with van der Waals surface area (Å²) < 4.78 is 3.14. The normalized spacial score (nSPS) is 18.0. The van der Waals surface area contributed by atoms with E-state index in [4.69, 9.17) is 0 Å². The number of aromatic nitrogens is 5. The summed E-state index contributed by atoms with van der Waals surface area (Å²) in [5, 5.41) is 8.57. The molecule has 0 aromatic carbocycles. The Morgan fingerprint density at radius 2 is 2.04 bits per heavy atom. The average Bonchev–Trinajstić information content (AvgIpc) is 2.89. The highest BCUT2D eigenvalue weighted by molar-refractivity contribution is 5.76. The molecule has 8 nitrogen and oxygen atoms in total. The molecule has 0 aliphatic carbocycles. The third-order valence-electron chi connectivity index (χ3n) is 4.29. The Balaban J connectivity index is 1.72. The van der Waals surface area contributed by atoms with E-state index in [1.807, 2.05) is 18.5 Å². The van der Waals surface area contributed by atoms with E-state index < -0.39 is 0 Å². The molecule has 24 heavy (non-hydrogen) atoms. The summed E-state index contributed by atoms with van der Waals surface area (Å²) in [5.74, 6) is 1.52. The van der Waals surface area contributed by atoms with Crippen molar-refractivity contribution in [2.45, 2.75) is 46.2 Å². The van der Waals surface area contributed by atoms with Crippen LogP contribution in [0, 0.1) is 20.8 Å². The molecule has 1 aliphatic rings. The molecule has 8 heteroatoms. The molecule has 3 heterocycles. The highest BCUT2D eigenvalue weighted by Crippen LogP contribution is 2.22. The molecule has 2 aromatic heterocycles. The minimum Gasteiger partial charge on any atom is -0.339 e. The summed E-state index contributed by atoms with van der Waals surface area (Å²) in [7, 11) is 0. The van der Waals surface area contributed by atoms with Crippen molar-refractivity contribution in [1.82, 2.24) is 29.4 Å². The van der Waals surface area contributed by atoms with Gasteiger partial charge in [-0.2, -0.15) is 10.2 Å². The third kappa shape index (κ3) is 3.37. The maximum atomic E-state index is 12.6. The van der Waals surface area contributed by atoms with Crippen molar-refractivity contribution in [1.29, 1.82) is 0 Å². The molecular formula is C16H22N6O2. The molecule has 1 amide bonds. The molecule has 1 atom stereocenters. The van der Waals surface area contributed by atoms with Gasteiger partial charge in [-0.15, -0.1) is 0 Å². The van der Waals surface area contributed by atoms with Gasteiger partial charge < -0.3 is 4.90 Å². The largest absolute Gasteiger partial charge is 0.339 e. The molecule has 0 spiro atoms. The summed E-state index contributed by atoms with van der Waals surface area (Å²) >= 11 is 0. The third-order valence-corrected chi connectivity index (χ3v) is 4.29. The van der Waals surface area contributed by atoms with Gasteiger partial charge in [-0.25, -0.2) is 14.3 Å². The number of carbonyl (C=O) groups is 1. The predicted octanol–water partition coefficient (Wildman–Crippen LogP) is 0.624. The zero-order valence-corrected chi connectivity index (χ0v) is 14.3. The topological polar surface area (TPSA) is 85.9 Å². The van der Waals surface area contributed by atoms with Crippen LogP contribution in [0.5, 0.6) is 0 Å². The first-order valence-corrected chi connectivity index (χ1v) is 8.16. The van der Waals surface area contributed by atoms with Gasteiger partial charge >= 0.3 is 0 Å². The van der Waals surface area contributed by atoms with Gasteiger partial charge in [-0.3, -0.25) is 9.59 Å². The number of rotatable bonds is 3. The second kappa shape index (κ2) is 6.54. The quantitative estimate of drug-likeness (QED) is 0.824. The van der Waals surface area contributed by atoms with Gasteiger partial charge in [0.05, 0.1) is 11.7 Å². The molecule has 1 saturated heterocycles. The molecule has 128 valence electrons. The first-order valence-electron chi connectivity index (χ1n) is 8.16. The molecule has 1 fully saturated rings. The monoisotopic (exact) mass is 330 g/mol. The van der Waals surface area contributed by atoms with Crippen LogP contribution in [0.2, 0.25) is 0 Å². The minimum absolute atomic E-state index is 0.0252. The number of hydrogen-bond acceptors (Lipinski definition) is 5. The van der Waals surface area contributed by atoms with Crippen LogP contribution in [0.1, 0.15) is 36.2 Å². The molecule has 0 bridgehead atoms. The van der Waals surface area contributed by atoms with Crippen molar-refractivity contribution in [3.8, 4) is 0 Å². The maximum absolute atomic E-state index is 12.6. The van der Waals surface area contributed by atoms with Gasteiger partial charge in [0.1, 0.15) is 18.2 Å². The Hall–Kier alpha value is -2.51. The summed E-state index contributed by atoms with van der Waals surface area (Å²) in [5.41, 5.74) is 0.456. The number of hydrogen-bond donors (Lipinski definition) is 0. The Morgan fingerprint density at radius 3 is 2.75 bits per heavy atom. The number of carbonyl (C=O) groups excluding carboxylic acids is 1. The Kier molecular flexibility index (Phi) is 4.46. The van der Waals surface area contributed by atoms with Crippen molar-refractivity contribution in [3.63, 3.8) is 0 Å². The van der Waals surface area contributed by atoms with Gasteiger partial charge in [0.2, 0.25) is 5.91 Å². The lowest BCUT2D eigenvalue weighted by Gasteiger charge is -2.33. The first kappa shape index (κ1) is 16.4. The van der Waals surface area contributed by atoms with Crippen LogP contribution >= 0.6 is 0 Å². The second-order valence-electron chi connectivity index (χ2n) is 6.26. The van der Waals surface area contributed by atoms with E-state index in [-0.39, 0.29) is 24.1 Å². The Labute approximate surface area is 140 Å². The summed E-state index contributed by atoms with van der Waals surface area (Å²) in [6, 6.07) is 3.22. The molecule has 3 rings (SSSR count). The first-order chi connectivity index (χ1) is 11.4. The SMILES string of the molecule is Cc1ccc(=O)n(CC(=O)N2CCC[C@H](n3nc(C)nc3C)C2)n1. The van der Waals surface area contributed by atoms with E-state index in [0.29, 0.717) is 18.8 Å². The highest BCUT2D eigenvalue weighted by Gasteiger charge is 2.26. The average molecular weight is 330 g/mol. The van der Waals surface area contributed by atoms with E-state index >= 15 is 0 Å². The van der Waals surface area contributed by atoms with Crippen molar-refractivity contribution in [2.24, 2.45) is 0 Å². The van der Waals surface area contributed by atoms with E-state index in [1.165, 1.54) is 10.7 Å². The standard InChI is InChI=1S/C16H22N6O2/c1-11-6-7-15(23)21(18-11)10-16(24)20-8-4-5-14(9-20)22-13(3)17-12(2)19-22/h6-7,14H,4-5,8-10H2,1-3H3/t14-/m0/s1. The van der Waals surface area contributed by atoms with Crippen LogP contribution in [-0.4, -0.2) is 48.4 Å². The zero-order chi connectivity index (χ0) is 17.3. The molecule has 0 saturated carbocycles. The molecule has 1 aliphatic heterocycles. The van der Waals surface area contributed by atoms with E-state index in [9.17, 15) is 9.59 Å². The number of aryl methyl sites for hydroxylation is 3. The van der Waals surface area contributed by atoms with Gasteiger partial charge in [-0.05, 0) is 39.7 Å². The van der Waals surface area contributed by atoms with Crippen LogP contribution in [0.25, 0.3) is 0 Å². The van der Waals surface area contributed by atoms with Crippen LogP contribution < -0.4 is 5.56 Å². The molecule has 2 aromatic rings. The zero-order valence-electron chi connectivity index (χ0n) is 14.3. The fourth-order valence-corrected chi connectivity index (χ4v) is 3.16. The van der Waals surface area contributed by atoms with Crippen molar-refractivity contribution in [2.75, 3.05) is 13.1 Å². The van der Waals surface area contributed by atoms with Crippen LogP contribution in [0.4, 0.5) is 0 Å². The summed E-state index contributed by atoms with van der Waals surface area (Å²) in [6.07, 6.45) is 1.88. The van der Waals surface area contributed by atoms with E-state index in [1.54, 1.807) is 17.9 Å². The summed E-state index contributed by atoms with van der Waals surface area (Å²) in [6.45, 7) is 6.85. The summed E-state index contributed by atoms with van der Waals surface area (Å²) in [4.78, 5) is 30.5. The number of likely N-dealkylation sites (tertiary alicyclic amines) is 1. The lowest BCUT2D eigenvalue weighted by atomic mass is 10.1. The highest BCUT2D eigenvalue weighted by atomic mass is 16.2. The minimum atomic E-state index is -0.259. The number of amides is 1. The fraction of sp³-hybridized carbons (Fsp3) is 0.562.